The zero-order valence-corrected chi connectivity index (χ0v) is 9.62. The van der Waals surface area contributed by atoms with Crippen LogP contribution in [0.3, 0.4) is 0 Å². The summed E-state index contributed by atoms with van der Waals surface area (Å²) in [6.07, 6.45) is 4.10. The van der Waals surface area contributed by atoms with Gasteiger partial charge in [-0.2, -0.15) is 0 Å². The zero-order chi connectivity index (χ0) is 11.3. The van der Waals surface area contributed by atoms with Crippen molar-refractivity contribution in [1.29, 1.82) is 0 Å². The van der Waals surface area contributed by atoms with Gasteiger partial charge in [-0.1, -0.05) is 13.3 Å². The zero-order valence-electron chi connectivity index (χ0n) is 9.62. The number of carbonyl (C=O) groups excluding carboxylic acids is 2. The van der Waals surface area contributed by atoms with Gasteiger partial charge in [0.2, 0.25) is 0 Å². The third kappa shape index (κ3) is 3.33. The highest BCUT2D eigenvalue weighted by Crippen LogP contribution is 2.29. The average Bonchev–Trinajstić information content (AvgIpc) is 2.21. The molecule has 15 heavy (non-hydrogen) atoms. The maximum Gasteiger partial charge on any atom is 0.306 e. The van der Waals surface area contributed by atoms with E-state index in [1.165, 1.54) is 0 Å². The van der Waals surface area contributed by atoms with Crippen LogP contribution in [0, 0.1) is 11.8 Å². The normalized spacial score (nSPS) is 26.4. The van der Waals surface area contributed by atoms with Gasteiger partial charge < -0.3 is 4.74 Å². The number of rotatable bonds is 4. The first-order valence-electron chi connectivity index (χ1n) is 5.88. The predicted octanol–water partition coefficient (Wildman–Crippen LogP) is 2.33. The van der Waals surface area contributed by atoms with Gasteiger partial charge in [-0.3, -0.25) is 9.59 Å². The van der Waals surface area contributed by atoms with Crippen LogP contribution in [0.5, 0.6) is 0 Å². The van der Waals surface area contributed by atoms with Crippen LogP contribution in [0.4, 0.5) is 0 Å². The largest absolute Gasteiger partial charge is 0.466 e. The molecule has 3 heteroatoms. The highest BCUT2D eigenvalue weighted by atomic mass is 16.5. The molecule has 1 saturated carbocycles. The van der Waals surface area contributed by atoms with Gasteiger partial charge in [0.25, 0.3) is 0 Å². The lowest BCUT2D eigenvalue weighted by atomic mass is 9.77. The lowest BCUT2D eigenvalue weighted by Gasteiger charge is -2.26. The highest BCUT2D eigenvalue weighted by Gasteiger charge is 2.31. The third-order valence-electron chi connectivity index (χ3n) is 3.12. The maximum absolute atomic E-state index is 11.9. The standard InChI is InChI=1S/C12H20O3/c1-3-9-6-5-7-10(12(9)14)8-11(13)15-4-2/h9-10H,3-8H2,1-2H3. The summed E-state index contributed by atoms with van der Waals surface area (Å²) in [6.45, 7) is 4.22. The molecule has 1 aliphatic carbocycles. The van der Waals surface area contributed by atoms with E-state index in [0.717, 1.165) is 25.7 Å². The van der Waals surface area contributed by atoms with Crippen molar-refractivity contribution in [1.82, 2.24) is 0 Å². The van der Waals surface area contributed by atoms with Crippen molar-refractivity contribution >= 4 is 11.8 Å². The van der Waals surface area contributed by atoms with Crippen molar-refractivity contribution in [3.05, 3.63) is 0 Å². The predicted molar refractivity (Wildman–Crippen MR) is 57.4 cm³/mol. The van der Waals surface area contributed by atoms with Crippen LogP contribution in [0.2, 0.25) is 0 Å². The van der Waals surface area contributed by atoms with E-state index in [9.17, 15) is 9.59 Å². The number of esters is 1. The van der Waals surface area contributed by atoms with Gasteiger partial charge in [-0.05, 0) is 26.2 Å². The van der Waals surface area contributed by atoms with E-state index < -0.39 is 0 Å². The number of ketones is 1. The Morgan fingerprint density at radius 2 is 2.00 bits per heavy atom. The van der Waals surface area contributed by atoms with E-state index in [1.54, 1.807) is 6.92 Å². The second-order valence-corrected chi connectivity index (χ2v) is 4.14. The molecule has 1 fully saturated rings. The molecule has 0 aliphatic heterocycles. The van der Waals surface area contributed by atoms with Crippen LogP contribution in [-0.2, 0) is 14.3 Å². The van der Waals surface area contributed by atoms with Gasteiger partial charge in [-0.15, -0.1) is 0 Å². The lowest BCUT2D eigenvalue weighted by Crippen LogP contribution is -2.30. The molecule has 0 saturated heterocycles. The minimum Gasteiger partial charge on any atom is -0.466 e. The molecule has 0 aromatic heterocycles. The van der Waals surface area contributed by atoms with Crippen molar-refractivity contribution in [2.24, 2.45) is 11.8 Å². The summed E-state index contributed by atoms with van der Waals surface area (Å²) in [5, 5.41) is 0. The van der Waals surface area contributed by atoms with Crippen molar-refractivity contribution < 1.29 is 14.3 Å². The van der Waals surface area contributed by atoms with Crippen molar-refractivity contribution in [3.63, 3.8) is 0 Å². The lowest BCUT2D eigenvalue weighted by molar-refractivity contribution is -0.147. The fraction of sp³-hybridized carbons (Fsp3) is 0.833. The Bertz CT molecular complexity index is 235. The first-order valence-corrected chi connectivity index (χ1v) is 5.88. The molecule has 2 unspecified atom stereocenters. The Morgan fingerprint density at radius 3 is 2.60 bits per heavy atom. The summed E-state index contributed by atoms with van der Waals surface area (Å²) >= 11 is 0. The van der Waals surface area contributed by atoms with Gasteiger partial charge >= 0.3 is 5.97 Å². The quantitative estimate of drug-likeness (QED) is 0.672. The average molecular weight is 212 g/mol. The molecule has 86 valence electrons. The minimum atomic E-state index is -0.229. The highest BCUT2D eigenvalue weighted by molar-refractivity contribution is 5.87. The Balaban J connectivity index is 2.47. The van der Waals surface area contributed by atoms with E-state index >= 15 is 0 Å². The molecule has 0 amide bonds. The Labute approximate surface area is 91.2 Å². The molecule has 0 heterocycles. The van der Waals surface area contributed by atoms with Gasteiger partial charge in [0.15, 0.2) is 0 Å². The maximum atomic E-state index is 11.9. The van der Waals surface area contributed by atoms with Crippen LogP contribution < -0.4 is 0 Å². The minimum absolute atomic E-state index is 0.0808. The Kier molecular flexibility index (Phi) is 4.79. The first kappa shape index (κ1) is 12.2. The number of carbonyl (C=O) groups is 2. The van der Waals surface area contributed by atoms with E-state index in [4.69, 9.17) is 4.74 Å². The van der Waals surface area contributed by atoms with Crippen LogP contribution in [0.15, 0.2) is 0 Å². The topological polar surface area (TPSA) is 43.4 Å². The number of hydrogen-bond donors (Lipinski definition) is 0. The van der Waals surface area contributed by atoms with Crippen LogP contribution in [-0.4, -0.2) is 18.4 Å². The smallest absolute Gasteiger partial charge is 0.306 e. The summed E-state index contributed by atoms with van der Waals surface area (Å²) in [4.78, 5) is 23.2. The molecule has 0 spiro atoms. The molecule has 1 aliphatic rings. The Hall–Kier alpha value is -0.860. The van der Waals surface area contributed by atoms with Crippen LogP contribution in [0.25, 0.3) is 0 Å². The molecule has 0 aromatic carbocycles. The van der Waals surface area contributed by atoms with Crippen LogP contribution in [0.1, 0.15) is 46.0 Å². The molecule has 0 N–H and O–H groups in total. The first-order chi connectivity index (χ1) is 7.19. The van der Waals surface area contributed by atoms with Gasteiger partial charge in [0.05, 0.1) is 13.0 Å². The van der Waals surface area contributed by atoms with E-state index in [0.29, 0.717) is 6.61 Å². The molecule has 0 aromatic rings. The molecular weight excluding hydrogens is 192 g/mol. The fourth-order valence-corrected chi connectivity index (χ4v) is 2.26. The van der Waals surface area contributed by atoms with Crippen molar-refractivity contribution in [2.45, 2.75) is 46.0 Å². The summed E-state index contributed by atoms with van der Waals surface area (Å²) in [5.41, 5.74) is 0. The van der Waals surface area contributed by atoms with Crippen molar-refractivity contribution in [3.8, 4) is 0 Å². The van der Waals surface area contributed by atoms with Crippen molar-refractivity contribution in [2.75, 3.05) is 6.61 Å². The summed E-state index contributed by atoms with van der Waals surface area (Å²) in [7, 11) is 0. The third-order valence-corrected chi connectivity index (χ3v) is 3.12. The fourth-order valence-electron chi connectivity index (χ4n) is 2.26. The summed E-state index contributed by atoms with van der Waals surface area (Å²) in [6, 6.07) is 0. The van der Waals surface area contributed by atoms with Gasteiger partial charge in [0.1, 0.15) is 5.78 Å². The molecular formula is C12H20O3. The van der Waals surface area contributed by atoms with E-state index in [-0.39, 0.29) is 30.0 Å². The van der Waals surface area contributed by atoms with Gasteiger partial charge in [-0.25, -0.2) is 0 Å². The molecule has 0 bridgehead atoms. The van der Waals surface area contributed by atoms with E-state index in [2.05, 4.69) is 0 Å². The summed E-state index contributed by atoms with van der Waals surface area (Å²) < 4.78 is 4.87. The van der Waals surface area contributed by atoms with Gasteiger partial charge in [0, 0.05) is 11.8 Å². The number of hydrogen-bond acceptors (Lipinski definition) is 3. The summed E-state index contributed by atoms with van der Waals surface area (Å²) in [5.74, 6) is 0.144. The SMILES string of the molecule is CCOC(=O)CC1CCCC(CC)C1=O. The number of Topliss-reactive ketones (excluding diaryl/α,β-unsaturated/α-hetero) is 1. The molecule has 2 atom stereocenters. The molecule has 0 radical (unpaired) electrons. The van der Waals surface area contributed by atoms with Crippen LogP contribution >= 0.6 is 0 Å². The monoisotopic (exact) mass is 212 g/mol. The second-order valence-electron chi connectivity index (χ2n) is 4.14. The molecule has 3 nitrogen and oxygen atoms in total. The van der Waals surface area contributed by atoms with E-state index in [1.807, 2.05) is 6.92 Å². The second kappa shape index (κ2) is 5.89. The molecule has 1 rings (SSSR count). The number of ether oxygens (including phenoxy) is 1. The Morgan fingerprint density at radius 1 is 1.33 bits per heavy atom.